The van der Waals surface area contributed by atoms with Crippen LogP contribution in [0.4, 0.5) is 11.4 Å². The van der Waals surface area contributed by atoms with Gasteiger partial charge in [0.2, 0.25) is 0 Å². The van der Waals surface area contributed by atoms with Crippen molar-refractivity contribution in [2.45, 2.75) is 6.54 Å². The number of nitrogens with one attached hydrogen (secondary N) is 1. The normalized spacial score (nSPS) is 10.2. The summed E-state index contributed by atoms with van der Waals surface area (Å²) in [5.74, 6) is 0.336. The molecule has 26 heavy (non-hydrogen) atoms. The first-order chi connectivity index (χ1) is 12.7. The Kier molecular flexibility index (Phi) is 5.49. The largest absolute Gasteiger partial charge is 0.495 e. The second kappa shape index (κ2) is 8.16. The number of nitrogens with zero attached hydrogens (tertiary/aromatic N) is 2. The summed E-state index contributed by atoms with van der Waals surface area (Å²) >= 11 is 0. The summed E-state index contributed by atoms with van der Waals surface area (Å²) in [7, 11) is 3.56. The topological polar surface area (TPSA) is 54.5 Å². The molecule has 0 saturated carbocycles. The smallest absolute Gasteiger partial charge is 0.274 e. The minimum Gasteiger partial charge on any atom is -0.495 e. The van der Waals surface area contributed by atoms with Crippen LogP contribution in [0.25, 0.3) is 0 Å². The van der Waals surface area contributed by atoms with E-state index in [1.807, 2.05) is 43.4 Å². The summed E-state index contributed by atoms with van der Waals surface area (Å²) in [5, 5.41) is 2.85. The highest BCUT2D eigenvalue weighted by molar-refractivity contribution is 6.04. The molecule has 5 nitrogen and oxygen atoms in total. The highest BCUT2D eigenvalue weighted by atomic mass is 16.5. The molecule has 0 radical (unpaired) electrons. The van der Waals surface area contributed by atoms with Gasteiger partial charge < -0.3 is 15.0 Å². The average Bonchev–Trinajstić information content (AvgIpc) is 2.69. The van der Waals surface area contributed by atoms with Crippen molar-refractivity contribution < 1.29 is 9.53 Å². The van der Waals surface area contributed by atoms with Gasteiger partial charge in [-0.25, -0.2) is 0 Å². The average molecular weight is 347 g/mol. The van der Waals surface area contributed by atoms with Crippen molar-refractivity contribution in [3.8, 4) is 5.75 Å². The zero-order chi connectivity index (χ0) is 18.4. The van der Waals surface area contributed by atoms with Gasteiger partial charge in [-0.3, -0.25) is 9.78 Å². The molecule has 0 spiro atoms. The first-order valence-corrected chi connectivity index (χ1v) is 8.33. The quantitative estimate of drug-likeness (QED) is 0.733. The van der Waals surface area contributed by atoms with E-state index in [1.54, 1.807) is 31.5 Å². The molecule has 0 unspecified atom stereocenters. The maximum Gasteiger partial charge on any atom is 0.274 e. The molecule has 3 aromatic rings. The molecule has 0 bridgehead atoms. The minimum atomic E-state index is -0.274. The SMILES string of the molecule is COc1ccccc1NC(=O)c1cc(N(C)Cc2ccccc2)ccn1. The fraction of sp³-hybridized carbons (Fsp3) is 0.143. The molecular formula is C21H21N3O2. The minimum absolute atomic E-state index is 0.274. The number of hydrogen-bond donors (Lipinski definition) is 1. The maximum absolute atomic E-state index is 12.6. The van der Waals surface area contributed by atoms with Gasteiger partial charge in [-0.1, -0.05) is 42.5 Å². The van der Waals surface area contributed by atoms with Crippen LogP contribution in [0, 0.1) is 0 Å². The highest BCUT2D eigenvalue weighted by Crippen LogP contribution is 2.24. The third kappa shape index (κ3) is 4.19. The molecular weight excluding hydrogens is 326 g/mol. The van der Waals surface area contributed by atoms with Crippen LogP contribution in [0.15, 0.2) is 72.9 Å². The van der Waals surface area contributed by atoms with Gasteiger partial charge in [-0.15, -0.1) is 0 Å². The Labute approximate surface area is 153 Å². The van der Waals surface area contributed by atoms with E-state index in [4.69, 9.17) is 4.74 Å². The summed E-state index contributed by atoms with van der Waals surface area (Å²) in [5.41, 5.74) is 3.10. The Morgan fingerprint density at radius 3 is 2.58 bits per heavy atom. The fourth-order valence-corrected chi connectivity index (χ4v) is 2.66. The first kappa shape index (κ1) is 17.5. The number of anilines is 2. The number of aromatic nitrogens is 1. The number of pyridine rings is 1. The molecule has 132 valence electrons. The van der Waals surface area contributed by atoms with Gasteiger partial charge in [0.05, 0.1) is 12.8 Å². The Hall–Kier alpha value is -3.34. The molecule has 0 atom stereocenters. The van der Waals surface area contributed by atoms with E-state index in [1.165, 1.54) is 5.56 Å². The Morgan fingerprint density at radius 1 is 1.08 bits per heavy atom. The molecule has 5 heteroatoms. The number of carbonyl (C=O) groups is 1. The molecule has 0 aliphatic heterocycles. The molecule has 3 rings (SSSR count). The highest BCUT2D eigenvalue weighted by Gasteiger charge is 2.12. The molecule has 1 aromatic heterocycles. The van der Waals surface area contributed by atoms with Crippen LogP contribution in [0.1, 0.15) is 16.1 Å². The zero-order valence-electron chi connectivity index (χ0n) is 14.8. The second-order valence-corrected chi connectivity index (χ2v) is 5.90. The van der Waals surface area contributed by atoms with Crippen LogP contribution in [-0.2, 0) is 6.54 Å². The van der Waals surface area contributed by atoms with Gasteiger partial charge in [0.1, 0.15) is 11.4 Å². The van der Waals surface area contributed by atoms with Gasteiger partial charge in [-0.2, -0.15) is 0 Å². The molecule has 1 amide bonds. The lowest BCUT2D eigenvalue weighted by Gasteiger charge is -2.20. The number of ether oxygens (including phenoxy) is 1. The van der Waals surface area contributed by atoms with E-state index < -0.39 is 0 Å². The van der Waals surface area contributed by atoms with Crippen LogP contribution < -0.4 is 15.0 Å². The summed E-state index contributed by atoms with van der Waals surface area (Å²) < 4.78 is 5.27. The van der Waals surface area contributed by atoms with Crippen molar-refractivity contribution >= 4 is 17.3 Å². The summed E-state index contributed by atoms with van der Waals surface area (Å²) in [6.45, 7) is 0.748. The van der Waals surface area contributed by atoms with Crippen molar-refractivity contribution in [2.75, 3.05) is 24.4 Å². The lowest BCUT2D eigenvalue weighted by molar-refractivity contribution is 0.102. The van der Waals surface area contributed by atoms with Crippen molar-refractivity contribution in [1.29, 1.82) is 0 Å². The summed E-state index contributed by atoms with van der Waals surface area (Å²) in [6, 6.07) is 21.1. The van der Waals surface area contributed by atoms with Crippen LogP contribution in [0.5, 0.6) is 5.75 Å². The number of rotatable bonds is 6. The van der Waals surface area contributed by atoms with Crippen LogP contribution >= 0.6 is 0 Å². The maximum atomic E-state index is 12.6. The third-order valence-electron chi connectivity index (χ3n) is 4.03. The van der Waals surface area contributed by atoms with Gasteiger partial charge in [-0.05, 0) is 29.8 Å². The van der Waals surface area contributed by atoms with E-state index in [9.17, 15) is 4.79 Å². The molecule has 0 saturated heterocycles. The second-order valence-electron chi connectivity index (χ2n) is 5.90. The van der Waals surface area contributed by atoms with Gasteiger partial charge >= 0.3 is 0 Å². The van der Waals surface area contributed by atoms with Gasteiger partial charge in [0.15, 0.2) is 0 Å². The van der Waals surface area contributed by atoms with Crippen molar-refractivity contribution in [1.82, 2.24) is 4.98 Å². The third-order valence-corrected chi connectivity index (χ3v) is 4.03. The monoisotopic (exact) mass is 347 g/mol. The summed E-state index contributed by atoms with van der Waals surface area (Å²) in [6.07, 6.45) is 1.65. The molecule has 0 aliphatic carbocycles. The van der Waals surface area contributed by atoms with E-state index in [-0.39, 0.29) is 5.91 Å². The predicted molar refractivity (Wildman–Crippen MR) is 104 cm³/mol. The van der Waals surface area contributed by atoms with E-state index in [0.29, 0.717) is 17.1 Å². The standard InChI is InChI=1S/C21H21N3O2/c1-24(15-16-8-4-3-5-9-16)17-12-13-22-19(14-17)21(25)23-18-10-6-7-11-20(18)26-2/h3-14H,15H2,1-2H3,(H,23,25). The van der Waals surface area contributed by atoms with Crippen LogP contribution in [0.3, 0.4) is 0 Å². The number of methoxy groups -OCH3 is 1. The Balaban J connectivity index is 1.75. The van der Waals surface area contributed by atoms with Crippen LogP contribution in [-0.4, -0.2) is 25.0 Å². The van der Waals surface area contributed by atoms with E-state index in [0.717, 1.165) is 12.2 Å². The number of hydrogen-bond acceptors (Lipinski definition) is 4. The number of carbonyl (C=O) groups excluding carboxylic acids is 1. The zero-order valence-corrected chi connectivity index (χ0v) is 14.8. The number of amides is 1. The predicted octanol–water partition coefficient (Wildman–Crippen LogP) is 3.98. The molecule has 2 aromatic carbocycles. The molecule has 0 fully saturated rings. The van der Waals surface area contributed by atoms with Gasteiger partial charge in [0.25, 0.3) is 5.91 Å². The molecule has 1 N–H and O–H groups in total. The van der Waals surface area contributed by atoms with E-state index in [2.05, 4.69) is 27.3 Å². The number of para-hydroxylation sites is 2. The van der Waals surface area contributed by atoms with Crippen LogP contribution in [0.2, 0.25) is 0 Å². The van der Waals surface area contributed by atoms with Crippen molar-refractivity contribution in [3.05, 3.63) is 84.2 Å². The Bertz CT molecular complexity index is 881. The lowest BCUT2D eigenvalue weighted by Crippen LogP contribution is -2.19. The first-order valence-electron chi connectivity index (χ1n) is 8.33. The molecule has 0 aliphatic rings. The summed E-state index contributed by atoms with van der Waals surface area (Å²) in [4.78, 5) is 18.8. The Morgan fingerprint density at radius 2 is 1.81 bits per heavy atom. The lowest BCUT2D eigenvalue weighted by atomic mass is 10.2. The molecule has 1 heterocycles. The van der Waals surface area contributed by atoms with Gasteiger partial charge in [0, 0.05) is 25.5 Å². The van der Waals surface area contributed by atoms with E-state index >= 15 is 0 Å². The van der Waals surface area contributed by atoms with Crippen molar-refractivity contribution in [3.63, 3.8) is 0 Å². The van der Waals surface area contributed by atoms with Crippen molar-refractivity contribution in [2.24, 2.45) is 0 Å². The fourth-order valence-electron chi connectivity index (χ4n) is 2.66. The number of benzene rings is 2.